The van der Waals surface area contributed by atoms with Gasteiger partial charge in [-0.3, -0.25) is 0 Å². The van der Waals surface area contributed by atoms with Gasteiger partial charge in [0.1, 0.15) is 0 Å². The van der Waals surface area contributed by atoms with Gasteiger partial charge in [0, 0.05) is 6.61 Å². The maximum atomic E-state index is 5.73. The minimum atomic E-state index is 0.549. The minimum Gasteiger partial charge on any atom is -0.378 e. The van der Waals surface area contributed by atoms with Crippen molar-refractivity contribution in [2.75, 3.05) is 19.7 Å². The molecule has 2 aliphatic rings. The highest BCUT2D eigenvalue weighted by Gasteiger charge is 2.15. The van der Waals surface area contributed by atoms with Gasteiger partial charge in [0.2, 0.25) is 0 Å². The Labute approximate surface area is 100 Å². The molecule has 16 heavy (non-hydrogen) atoms. The monoisotopic (exact) mass is 225 g/mol. The summed E-state index contributed by atoms with van der Waals surface area (Å²) in [6.07, 6.45) is 13.0. The first-order chi connectivity index (χ1) is 7.95. The zero-order valence-corrected chi connectivity index (χ0v) is 10.5. The first kappa shape index (κ1) is 12.4. The molecule has 2 rings (SSSR count). The van der Waals surface area contributed by atoms with Crippen LogP contribution in [0.5, 0.6) is 0 Å². The van der Waals surface area contributed by atoms with Crippen LogP contribution in [0.4, 0.5) is 0 Å². The van der Waals surface area contributed by atoms with Crippen molar-refractivity contribution in [2.45, 2.75) is 63.9 Å². The fraction of sp³-hybridized carbons (Fsp3) is 1.00. The van der Waals surface area contributed by atoms with Crippen molar-refractivity contribution in [1.82, 2.24) is 5.32 Å². The lowest BCUT2D eigenvalue weighted by Crippen LogP contribution is -2.29. The first-order valence-electron chi connectivity index (χ1n) is 7.27. The average molecular weight is 225 g/mol. The highest BCUT2D eigenvalue weighted by atomic mass is 16.5. The van der Waals surface area contributed by atoms with Crippen molar-refractivity contribution in [1.29, 1.82) is 0 Å². The Kier molecular flexibility index (Phi) is 5.64. The number of hydrogen-bond donors (Lipinski definition) is 1. The van der Waals surface area contributed by atoms with Crippen LogP contribution in [0.2, 0.25) is 0 Å². The van der Waals surface area contributed by atoms with Crippen LogP contribution < -0.4 is 5.32 Å². The van der Waals surface area contributed by atoms with Crippen LogP contribution in [0, 0.1) is 5.92 Å². The molecular weight excluding hydrogens is 198 g/mol. The summed E-state index contributed by atoms with van der Waals surface area (Å²) in [5.41, 5.74) is 0. The molecule has 1 saturated heterocycles. The van der Waals surface area contributed by atoms with Gasteiger partial charge in [0.25, 0.3) is 0 Å². The number of ether oxygens (including phenoxy) is 1. The molecule has 0 aromatic heterocycles. The SMILES string of the molecule is C1CCC(CNCCC2CCCCO2)CC1. The summed E-state index contributed by atoms with van der Waals surface area (Å²) >= 11 is 0. The third-order valence-corrected chi connectivity index (χ3v) is 4.07. The van der Waals surface area contributed by atoms with Crippen LogP contribution >= 0.6 is 0 Å². The molecule has 1 heterocycles. The van der Waals surface area contributed by atoms with E-state index in [1.54, 1.807) is 0 Å². The minimum absolute atomic E-state index is 0.549. The van der Waals surface area contributed by atoms with Gasteiger partial charge in [-0.25, -0.2) is 0 Å². The predicted molar refractivity (Wildman–Crippen MR) is 67.7 cm³/mol. The van der Waals surface area contributed by atoms with E-state index in [1.807, 2.05) is 0 Å². The van der Waals surface area contributed by atoms with Gasteiger partial charge in [-0.15, -0.1) is 0 Å². The number of hydrogen-bond acceptors (Lipinski definition) is 2. The van der Waals surface area contributed by atoms with Gasteiger partial charge in [-0.05, 0) is 57.5 Å². The summed E-state index contributed by atoms with van der Waals surface area (Å²) in [7, 11) is 0. The quantitative estimate of drug-likeness (QED) is 0.726. The fourth-order valence-corrected chi connectivity index (χ4v) is 3.00. The molecule has 1 N–H and O–H groups in total. The van der Waals surface area contributed by atoms with E-state index >= 15 is 0 Å². The number of nitrogens with one attached hydrogen (secondary N) is 1. The first-order valence-corrected chi connectivity index (χ1v) is 7.27. The average Bonchev–Trinajstić information content (AvgIpc) is 2.37. The normalized spacial score (nSPS) is 28.1. The lowest BCUT2D eigenvalue weighted by molar-refractivity contribution is 0.0114. The van der Waals surface area contributed by atoms with Crippen LogP contribution in [0.1, 0.15) is 57.8 Å². The Morgan fingerprint density at radius 3 is 2.50 bits per heavy atom. The van der Waals surface area contributed by atoms with Crippen molar-refractivity contribution >= 4 is 0 Å². The second kappa shape index (κ2) is 7.29. The van der Waals surface area contributed by atoms with E-state index in [1.165, 1.54) is 64.3 Å². The molecule has 1 aliphatic heterocycles. The van der Waals surface area contributed by atoms with Gasteiger partial charge in [0.05, 0.1) is 6.10 Å². The van der Waals surface area contributed by atoms with Crippen molar-refractivity contribution in [2.24, 2.45) is 5.92 Å². The molecule has 0 amide bonds. The van der Waals surface area contributed by atoms with E-state index < -0.39 is 0 Å². The van der Waals surface area contributed by atoms with Crippen LogP contribution in [0.3, 0.4) is 0 Å². The second-order valence-corrected chi connectivity index (χ2v) is 5.49. The van der Waals surface area contributed by atoms with Crippen LogP contribution in [0.15, 0.2) is 0 Å². The van der Waals surface area contributed by atoms with Gasteiger partial charge in [-0.2, -0.15) is 0 Å². The molecule has 0 aromatic carbocycles. The topological polar surface area (TPSA) is 21.3 Å². The summed E-state index contributed by atoms with van der Waals surface area (Å²) in [6.45, 7) is 3.39. The molecule has 94 valence electrons. The molecule has 2 fully saturated rings. The van der Waals surface area contributed by atoms with Crippen LogP contribution in [-0.4, -0.2) is 25.8 Å². The Morgan fingerprint density at radius 2 is 1.75 bits per heavy atom. The van der Waals surface area contributed by atoms with Gasteiger partial charge < -0.3 is 10.1 Å². The highest BCUT2D eigenvalue weighted by Crippen LogP contribution is 2.22. The molecular formula is C14H27NO. The van der Waals surface area contributed by atoms with Crippen molar-refractivity contribution in [3.05, 3.63) is 0 Å². The van der Waals surface area contributed by atoms with E-state index in [9.17, 15) is 0 Å². The van der Waals surface area contributed by atoms with Crippen molar-refractivity contribution in [3.8, 4) is 0 Å². The van der Waals surface area contributed by atoms with Crippen molar-refractivity contribution in [3.63, 3.8) is 0 Å². The third kappa shape index (κ3) is 4.42. The highest BCUT2D eigenvalue weighted by molar-refractivity contribution is 4.69. The molecule has 0 spiro atoms. The molecule has 2 heteroatoms. The molecule has 2 nitrogen and oxygen atoms in total. The van der Waals surface area contributed by atoms with E-state index in [-0.39, 0.29) is 0 Å². The van der Waals surface area contributed by atoms with E-state index in [0.717, 1.165) is 19.1 Å². The van der Waals surface area contributed by atoms with Gasteiger partial charge >= 0.3 is 0 Å². The molecule has 0 radical (unpaired) electrons. The molecule has 0 bridgehead atoms. The maximum Gasteiger partial charge on any atom is 0.0587 e. The van der Waals surface area contributed by atoms with E-state index in [4.69, 9.17) is 4.74 Å². The lowest BCUT2D eigenvalue weighted by Gasteiger charge is -2.24. The second-order valence-electron chi connectivity index (χ2n) is 5.49. The Morgan fingerprint density at radius 1 is 0.938 bits per heavy atom. The zero-order chi connectivity index (χ0) is 11.1. The van der Waals surface area contributed by atoms with Gasteiger partial charge in [-0.1, -0.05) is 19.3 Å². The Hall–Kier alpha value is -0.0800. The summed E-state index contributed by atoms with van der Waals surface area (Å²) in [4.78, 5) is 0. The molecule has 0 aromatic rings. The standard InChI is InChI=1S/C14H27NO/c1-2-6-13(7-3-1)12-15-10-9-14-8-4-5-11-16-14/h13-15H,1-12H2. The largest absolute Gasteiger partial charge is 0.378 e. The molecule has 1 saturated carbocycles. The molecule has 1 unspecified atom stereocenters. The summed E-state index contributed by atoms with van der Waals surface area (Å²) in [6, 6.07) is 0. The summed E-state index contributed by atoms with van der Waals surface area (Å²) in [5, 5.41) is 3.62. The van der Waals surface area contributed by atoms with E-state index in [2.05, 4.69) is 5.32 Å². The Balaban J connectivity index is 1.47. The zero-order valence-electron chi connectivity index (χ0n) is 10.5. The maximum absolute atomic E-state index is 5.73. The summed E-state index contributed by atoms with van der Waals surface area (Å²) < 4.78 is 5.73. The van der Waals surface area contributed by atoms with Crippen LogP contribution in [0.25, 0.3) is 0 Å². The van der Waals surface area contributed by atoms with Crippen molar-refractivity contribution < 1.29 is 4.74 Å². The van der Waals surface area contributed by atoms with Gasteiger partial charge in [0.15, 0.2) is 0 Å². The smallest absolute Gasteiger partial charge is 0.0587 e. The molecule has 1 atom stereocenters. The molecule has 1 aliphatic carbocycles. The van der Waals surface area contributed by atoms with Crippen LogP contribution in [-0.2, 0) is 4.74 Å². The third-order valence-electron chi connectivity index (χ3n) is 4.07. The predicted octanol–water partition coefficient (Wildman–Crippen LogP) is 3.12. The lowest BCUT2D eigenvalue weighted by atomic mass is 9.89. The fourth-order valence-electron chi connectivity index (χ4n) is 3.00. The van der Waals surface area contributed by atoms with E-state index in [0.29, 0.717) is 6.10 Å². The number of rotatable bonds is 5. The summed E-state index contributed by atoms with van der Waals surface area (Å²) in [5.74, 6) is 0.959. The Bertz CT molecular complexity index is 152.